The SMILES string of the molecule is Cc1ccccc1OC(C)CNC(=NCc1ccccc1)NCC(=O)N(C)C.I. The molecule has 0 spiro atoms. The normalized spacial score (nSPS) is 11.8. The van der Waals surface area contributed by atoms with Crippen LogP contribution < -0.4 is 15.4 Å². The second-order valence-electron chi connectivity index (χ2n) is 6.87. The van der Waals surface area contributed by atoms with Gasteiger partial charge in [-0.05, 0) is 31.0 Å². The van der Waals surface area contributed by atoms with E-state index in [1.54, 1.807) is 19.0 Å². The lowest BCUT2D eigenvalue weighted by Crippen LogP contribution is -2.45. The van der Waals surface area contributed by atoms with Crippen LogP contribution in [0.25, 0.3) is 0 Å². The molecule has 1 amide bonds. The minimum Gasteiger partial charge on any atom is -0.489 e. The Morgan fingerprint density at radius 3 is 2.38 bits per heavy atom. The number of nitrogens with zero attached hydrogens (tertiary/aromatic N) is 2. The number of nitrogens with one attached hydrogen (secondary N) is 2. The van der Waals surface area contributed by atoms with Gasteiger partial charge in [-0.1, -0.05) is 48.5 Å². The van der Waals surface area contributed by atoms with Crippen LogP contribution in [0.4, 0.5) is 0 Å². The van der Waals surface area contributed by atoms with E-state index < -0.39 is 0 Å². The second-order valence-corrected chi connectivity index (χ2v) is 6.87. The number of hydrogen-bond donors (Lipinski definition) is 2. The van der Waals surface area contributed by atoms with Gasteiger partial charge in [0.2, 0.25) is 5.91 Å². The largest absolute Gasteiger partial charge is 0.489 e. The number of ether oxygens (including phenoxy) is 1. The van der Waals surface area contributed by atoms with E-state index in [2.05, 4.69) is 15.6 Å². The van der Waals surface area contributed by atoms with Crippen molar-refractivity contribution >= 4 is 35.8 Å². The number of aliphatic imine (C=N–C) groups is 1. The highest BCUT2D eigenvalue weighted by Crippen LogP contribution is 2.17. The van der Waals surface area contributed by atoms with E-state index in [1.807, 2.05) is 68.4 Å². The van der Waals surface area contributed by atoms with E-state index in [4.69, 9.17) is 4.74 Å². The van der Waals surface area contributed by atoms with Crippen LogP contribution in [0, 0.1) is 6.92 Å². The number of para-hydroxylation sites is 1. The number of benzene rings is 2. The van der Waals surface area contributed by atoms with Gasteiger partial charge in [0.1, 0.15) is 11.9 Å². The maximum absolute atomic E-state index is 11.9. The highest BCUT2D eigenvalue weighted by Gasteiger charge is 2.09. The first kappa shape index (κ1) is 24.7. The zero-order valence-corrected chi connectivity index (χ0v) is 19.8. The predicted molar refractivity (Wildman–Crippen MR) is 129 cm³/mol. The Morgan fingerprint density at radius 1 is 1.07 bits per heavy atom. The van der Waals surface area contributed by atoms with Crippen molar-refractivity contribution in [2.24, 2.45) is 4.99 Å². The van der Waals surface area contributed by atoms with Gasteiger partial charge in [-0.2, -0.15) is 0 Å². The molecule has 0 aromatic heterocycles. The average molecular weight is 510 g/mol. The van der Waals surface area contributed by atoms with Crippen molar-refractivity contribution in [3.63, 3.8) is 0 Å². The molecule has 0 aliphatic carbocycles. The zero-order chi connectivity index (χ0) is 20.4. The lowest BCUT2D eigenvalue weighted by atomic mass is 10.2. The summed E-state index contributed by atoms with van der Waals surface area (Å²) in [5.74, 6) is 1.44. The van der Waals surface area contributed by atoms with Gasteiger partial charge in [-0.15, -0.1) is 24.0 Å². The summed E-state index contributed by atoms with van der Waals surface area (Å²) in [5.41, 5.74) is 2.20. The molecule has 0 saturated carbocycles. The number of carbonyl (C=O) groups is 1. The van der Waals surface area contributed by atoms with Crippen molar-refractivity contribution in [1.82, 2.24) is 15.5 Å². The highest BCUT2D eigenvalue weighted by atomic mass is 127. The minimum absolute atomic E-state index is 0. The van der Waals surface area contributed by atoms with Gasteiger partial charge in [0.25, 0.3) is 0 Å². The van der Waals surface area contributed by atoms with Crippen LogP contribution in [0.2, 0.25) is 0 Å². The number of rotatable bonds is 8. The molecule has 6 nitrogen and oxygen atoms in total. The third-order valence-corrected chi connectivity index (χ3v) is 4.15. The van der Waals surface area contributed by atoms with Gasteiger partial charge in [0.15, 0.2) is 5.96 Å². The molecule has 0 aliphatic heterocycles. The first-order chi connectivity index (χ1) is 13.5. The molecule has 0 radical (unpaired) electrons. The van der Waals surface area contributed by atoms with E-state index >= 15 is 0 Å². The molecular formula is C22H31IN4O2. The van der Waals surface area contributed by atoms with Gasteiger partial charge in [-0.3, -0.25) is 4.79 Å². The number of halogens is 1. The van der Waals surface area contributed by atoms with E-state index in [-0.39, 0.29) is 42.5 Å². The molecule has 0 saturated heterocycles. The van der Waals surface area contributed by atoms with Crippen LogP contribution in [-0.2, 0) is 11.3 Å². The molecule has 1 atom stereocenters. The van der Waals surface area contributed by atoms with Crippen LogP contribution in [0.1, 0.15) is 18.1 Å². The van der Waals surface area contributed by atoms with Crippen molar-refractivity contribution in [2.75, 3.05) is 27.2 Å². The molecule has 2 aromatic carbocycles. The van der Waals surface area contributed by atoms with Crippen LogP contribution in [0.3, 0.4) is 0 Å². The number of guanidine groups is 1. The fraction of sp³-hybridized carbons (Fsp3) is 0.364. The maximum atomic E-state index is 11.9. The van der Waals surface area contributed by atoms with Gasteiger partial charge in [0, 0.05) is 14.1 Å². The van der Waals surface area contributed by atoms with Crippen LogP contribution in [0.5, 0.6) is 5.75 Å². The summed E-state index contributed by atoms with van der Waals surface area (Å²) in [5, 5.41) is 6.36. The molecule has 1 unspecified atom stereocenters. The van der Waals surface area contributed by atoms with Gasteiger partial charge >= 0.3 is 0 Å². The molecule has 0 heterocycles. The molecule has 158 valence electrons. The molecular weight excluding hydrogens is 479 g/mol. The van der Waals surface area contributed by atoms with Gasteiger partial charge in [0.05, 0.1) is 19.6 Å². The fourth-order valence-corrected chi connectivity index (χ4v) is 2.43. The Bertz CT molecular complexity index is 781. The lowest BCUT2D eigenvalue weighted by molar-refractivity contribution is -0.127. The summed E-state index contributed by atoms with van der Waals surface area (Å²) in [4.78, 5) is 18.0. The molecule has 2 N–H and O–H groups in total. The van der Waals surface area contributed by atoms with E-state index in [1.165, 1.54) is 0 Å². The number of amides is 1. The molecule has 2 rings (SSSR count). The average Bonchev–Trinajstić information content (AvgIpc) is 2.69. The second kappa shape index (κ2) is 13.0. The fourth-order valence-electron chi connectivity index (χ4n) is 2.43. The van der Waals surface area contributed by atoms with Crippen LogP contribution in [-0.4, -0.2) is 50.1 Å². The summed E-state index contributed by atoms with van der Waals surface area (Å²) in [6.45, 7) is 5.29. The molecule has 7 heteroatoms. The highest BCUT2D eigenvalue weighted by molar-refractivity contribution is 14.0. The van der Waals surface area contributed by atoms with Crippen LogP contribution in [0.15, 0.2) is 59.6 Å². The quantitative estimate of drug-likeness (QED) is 0.325. The Kier molecular flexibility index (Phi) is 11.1. The standard InChI is InChI=1S/C22H30N4O2.HI/c1-17-10-8-9-13-20(17)28-18(2)14-23-22(25-16-21(27)26(3)4)24-15-19-11-6-5-7-12-19;/h5-13,18H,14-16H2,1-4H3,(H2,23,24,25);1H. The van der Waals surface area contributed by atoms with E-state index in [9.17, 15) is 4.79 Å². The predicted octanol–water partition coefficient (Wildman–Crippen LogP) is 3.20. The van der Waals surface area contributed by atoms with Crippen molar-refractivity contribution in [3.05, 3.63) is 65.7 Å². The van der Waals surface area contributed by atoms with Crippen molar-refractivity contribution in [3.8, 4) is 5.75 Å². The first-order valence-corrected chi connectivity index (χ1v) is 9.44. The Labute approximate surface area is 190 Å². The van der Waals surface area contributed by atoms with Crippen molar-refractivity contribution < 1.29 is 9.53 Å². The van der Waals surface area contributed by atoms with E-state index in [0.717, 1.165) is 16.9 Å². The maximum Gasteiger partial charge on any atom is 0.241 e. The summed E-state index contributed by atoms with van der Waals surface area (Å²) < 4.78 is 6.00. The van der Waals surface area contributed by atoms with E-state index in [0.29, 0.717) is 19.0 Å². The van der Waals surface area contributed by atoms with Crippen LogP contribution >= 0.6 is 24.0 Å². The monoisotopic (exact) mass is 510 g/mol. The van der Waals surface area contributed by atoms with Gasteiger partial charge in [-0.25, -0.2) is 4.99 Å². The number of likely N-dealkylation sites (N-methyl/N-ethyl adjacent to an activating group) is 1. The molecule has 2 aromatic rings. The van der Waals surface area contributed by atoms with Gasteiger partial charge < -0.3 is 20.3 Å². The third-order valence-electron chi connectivity index (χ3n) is 4.15. The summed E-state index contributed by atoms with van der Waals surface area (Å²) in [6.07, 6.45) is -0.0608. The Hall–Kier alpha value is -2.29. The molecule has 0 fully saturated rings. The Balaban J connectivity index is 0.00000420. The lowest BCUT2D eigenvalue weighted by Gasteiger charge is -2.19. The Morgan fingerprint density at radius 2 is 1.72 bits per heavy atom. The molecule has 29 heavy (non-hydrogen) atoms. The number of carbonyl (C=O) groups excluding carboxylic acids is 1. The summed E-state index contributed by atoms with van der Waals surface area (Å²) in [7, 11) is 3.46. The number of hydrogen-bond acceptors (Lipinski definition) is 3. The van der Waals surface area contributed by atoms with Crippen molar-refractivity contribution in [1.29, 1.82) is 0 Å². The minimum atomic E-state index is -0.0608. The third kappa shape index (κ3) is 9.17. The summed E-state index contributed by atoms with van der Waals surface area (Å²) >= 11 is 0. The number of aryl methyl sites for hydroxylation is 1. The first-order valence-electron chi connectivity index (χ1n) is 9.44. The topological polar surface area (TPSA) is 66.0 Å². The molecule has 0 aliphatic rings. The molecule has 0 bridgehead atoms. The zero-order valence-electron chi connectivity index (χ0n) is 17.5. The summed E-state index contributed by atoms with van der Waals surface area (Å²) in [6, 6.07) is 17.9. The van der Waals surface area contributed by atoms with Crippen molar-refractivity contribution in [2.45, 2.75) is 26.5 Å². The smallest absolute Gasteiger partial charge is 0.241 e.